The summed E-state index contributed by atoms with van der Waals surface area (Å²) in [6.45, 7) is 8.31. The third-order valence-electron chi connectivity index (χ3n) is 2.94. The number of aryl methyl sites for hydroxylation is 1. The lowest BCUT2D eigenvalue weighted by Crippen LogP contribution is -2.41. The maximum atomic E-state index is 12.5. The van der Waals surface area contributed by atoms with Crippen molar-refractivity contribution in [2.75, 3.05) is 13.2 Å². The molecule has 0 amide bonds. The van der Waals surface area contributed by atoms with E-state index in [4.69, 9.17) is 9.47 Å². The summed E-state index contributed by atoms with van der Waals surface area (Å²) in [6.07, 6.45) is 3.43. The van der Waals surface area contributed by atoms with Crippen molar-refractivity contribution >= 4 is 17.6 Å². The molecule has 0 aliphatic carbocycles. The van der Waals surface area contributed by atoms with Gasteiger partial charge in [-0.1, -0.05) is 6.08 Å². The highest BCUT2D eigenvalue weighted by molar-refractivity contribution is 6.14. The monoisotopic (exact) mass is 336 g/mol. The van der Waals surface area contributed by atoms with Gasteiger partial charge in [-0.05, 0) is 20.8 Å². The van der Waals surface area contributed by atoms with Gasteiger partial charge in [0.25, 0.3) is 5.56 Å². The number of carbonyl (C=O) groups is 2. The van der Waals surface area contributed by atoms with E-state index in [0.717, 1.165) is 15.2 Å². The molecule has 24 heavy (non-hydrogen) atoms. The Morgan fingerprint density at radius 3 is 2.38 bits per heavy atom. The van der Waals surface area contributed by atoms with E-state index in [1.807, 2.05) is 0 Å². The van der Waals surface area contributed by atoms with Gasteiger partial charge in [-0.15, -0.1) is 6.58 Å². The van der Waals surface area contributed by atoms with Gasteiger partial charge in [0.1, 0.15) is 5.70 Å². The number of rotatable bonds is 7. The highest BCUT2D eigenvalue weighted by atomic mass is 16.5. The molecule has 0 fully saturated rings. The molecule has 0 spiro atoms. The first kappa shape index (κ1) is 19.1. The minimum atomic E-state index is -0.879. The van der Waals surface area contributed by atoms with Crippen molar-refractivity contribution in [1.82, 2.24) is 9.13 Å². The van der Waals surface area contributed by atoms with Crippen molar-refractivity contribution in [1.29, 1.82) is 0 Å². The lowest BCUT2D eigenvalue weighted by molar-refractivity contribution is -0.139. The molecule has 1 aromatic heterocycles. The van der Waals surface area contributed by atoms with Crippen molar-refractivity contribution in [3.8, 4) is 0 Å². The van der Waals surface area contributed by atoms with Gasteiger partial charge >= 0.3 is 17.6 Å². The quantitative estimate of drug-likeness (QED) is 0.408. The number of allylic oxidation sites excluding steroid dienone is 1. The second-order valence-corrected chi connectivity index (χ2v) is 4.67. The van der Waals surface area contributed by atoms with Crippen LogP contribution in [0.3, 0.4) is 0 Å². The fourth-order valence-corrected chi connectivity index (χ4v) is 1.92. The van der Waals surface area contributed by atoms with E-state index in [0.29, 0.717) is 0 Å². The van der Waals surface area contributed by atoms with E-state index < -0.39 is 23.2 Å². The van der Waals surface area contributed by atoms with Crippen LogP contribution in [0.2, 0.25) is 0 Å². The molecule has 0 saturated carbocycles. The number of nitrogens with zero attached hydrogens (tertiary/aromatic N) is 2. The zero-order valence-electron chi connectivity index (χ0n) is 13.9. The van der Waals surface area contributed by atoms with Crippen LogP contribution in [0.4, 0.5) is 0 Å². The van der Waals surface area contributed by atoms with Crippen molar-refractivity contribution < 1.29 is 19.1 Å². The van der Waals surface area contributed by atoms with Gasteiger partial charge in [0.15, 0.2) is 0 Å². The summed E-state index contributed by atoms with van der Waals surface area (Å²) in [6, 6.07) is 0. The minimum Gasteiger partial charge on any atom is -0.463 e. The number of esters is 2. The van der Waals surface area contributed by atoms with E-state index >= 15 is 0 Å². The fourth-order valence-electron chi connectivity index (χ4n) is 1.92. The van der Waals surface area contributed by atoms with Crippen LogP contribution in [0.25, 0.3) is 5.70 Å². The van der Waals surface area contributed by atoms with Crippen LogP contribution in [0, 0.1) is 6.92 Å². The standard InChI is InChI=1S/C16H20N2O6/c1-5-8-17-14(20)11(4)10-18(16(17)22)12(15(21)24-7-3)9-13(19)23-6-2/h5,9-10H,1,6-8H2,2-4H3/b12-9+. The number of carbonyl (C=O) groups excluding carboxylic acids is 2. The SMILES string of the molecule is C=CCn1c(=O)c(C)cn(/C(=C/C(=O)OCC)C(=O)OCC)c1=O. The van der Waals surface area contributed by atoms with E-state index in [-0.39, 0.29) is 31.0 Å². The molecular weight excluding hydrogens is 316 g/mol. The molecule has 8 heteroatoms. The second-order valence-electron chi connectivity index (χ2n) is 4.67. The van der Waals surface area contributed by atoms with E-state index in [1.54, 1.807) is 13.8 Å². The summed E-state index contributed by atoms with van der Waals surface area (Å²) in [4.78, 5) is 48.4. The van der Waals surface area contributed by atoms with Gasteiger partial charge in [-0.25, -0.2) is 14.4 Å². The third kappa shape index (κ3) is 4.31. The predicted molar refractivity (Wildman–Crippen MR) is 87.4 cm³/mol. The van der Waals surface area contributed by atoms with Gasteiger partial charge in [-0.3, -0.25) is 13.9 Å². The Hall–Kier alpha value is -2.90. The lowest BCUT2D eigenvalue weighted by atomic mass is 10.3. The molecule has 0 N–H and O–H groups in total. The summed E-state index contributed by atoms with van der Waals surface area (Å²) >= 11 is 0. The molecule has 0 bridgehead atoms. The molecular formula is C16H20N2O6. The van der Waals surface area contributed by atoms with Gasteiger partial charge in [0, 0.05) is 18.3 Å². The van der Waals surface area contributed by atoms with Crippen molar-refractivity contribution in [2.45, 2.75) is 27.3 Å². The molecule has 130 valence electrons. The van der Waals surface area contributed by atoms with Crippen LogP contribution < -0.4 is 11.2 Å². The Kier molecular flexibility index (Phi) is 6.91. The van der Waals surface area contributed by atoms with Crippen molar-refractivity contribution in [3.63, 3.8) is 0 Å². The summed E-state index contributed by atoms with van der Waals surface area (Å²) in [5.74, 6) is -1.68. The molecule has 1 rings (SSSR count). The summed E-state index contributed by atoms with van der Waals surface area (Å²) in [5.41, 5.74) is -1.40. The average molecular weight is 336 g/mol. The second kappa shape index (κ2) is 8.66. The first-order chi connectivity index (χ1) is 11.4. The van der Waals surface area contributed by atoms with Crippen LogP contribution in [-0.2, 0) is 25.6 Å². The Balaban J connectivity index is 3.62. The summed E-state index contributed by atoms with van der Waals surface area (Å²) in [5, 5.41) is 0. The first-order valence-electron chi connectivity index (χ1n) is 7.37. The molecule has 0 aromatic carbocycles. The summed E-state index contributed by atoms with van der Waals surface area (Å²) in [7, 11) is 0. The number of hydrogen-bond acceptors (Lipinski definition) is 6. The Bertz CT molecular complexity index is 785. The normalized spacial score (nSPS) is 11.0. The molecule has 8 nitrogen and oxygen atoms in total. The predicted octanol–water partition coefficient (Wildman–Crippen LogP) is 0.472. The molecule has 0 unspecified atom stereocenters. The lowest BCUT2D eigenvalue weighted by Gasteiger charge is -2.13. The third-order valence-corrected chi connectivity index (χ3v) is 2.94. The number of aromatic nitrogens is 2. The molecule has 0 atom stereocenters. The number of hydrogen-bond donors (Lipinski definition) is 0. The molecule has 0 aliphatic rings. The van der Waals surface area contributed by atoms with Crippen LogP contribution in [0.15, 0.2) is 34.5 Å². The van der Waals surface area contributed by atoms with E-state index in [2.05, 4.69) is 6.58 Å². The fraction of sp³-hybridized carbons (Fsp3) is 0.375. The maximum Gasteiger partial charge on any atom is 0.355 e. The van der Waals surface area contributed by atoms with Crippen molar-refractivity contribution in [2.24, 2.45) is 0 Å². The molecule has 0 aliphatic heterocycles. The van der Waals surface area contributed by atoms with Crippen LogP contribution in [-0.4, -0.2) is 34.3 Å². The Morgan fingerprint density at radius 2 is 1.83 bits per heavy atom. The van der Waals surface area contributed by atoms with Crippen molar-refractivity contribution in [3.05, 3.63) is 51.3 Å². The van der Waals surface area contributed by atoms with E-state index in [9.17, 15) is 19.2 Å². The van der Waals surface area contributed by atoms with Gasteiger partial charge in [0.05, 0.1) is 19.3 Å². The highest BCUT2D eigenvalue weighted by Crippen LogP contribution is 2.06. The first-order valence-corrected chi connectivity index (χ1v) is 7.37. The highest BCUT2D eigenvalue weighted by Gasteiger charge is 2.19. The average Bonchev–Trinajstić information content (AvgIpc) is 2.53. The molecule has 0 saturated heterocycles. The molecule has 0 radical (unpaired) electrons. The largest absolute Gasteiger partial charge is 0.463 e. The van der Waals surface area contributed by atoms with Crippen LogP contribution >= 0.6 is 0 Å². The molecule has 1 heterocycles. The topological polar surface area (TPSA) is 96.6 Å². The molecule has 1 aromatic rings. The van der Waals surface area contributed by atoms with Crippen LogP contribution in [0.1, 0.15) is 19.4 Å². The minimum absolute atomic E-state index is 0.0329. The maximum absolute atomic E-state index is 12.5. The Labute approximate surface area is 138 Å². The van der Waals surface area contributed by atoms with E-state index in [1.165, 1.54) is 19.2 Å². The zero-order chi connectivity index (χ0) is 18.3. The summed E-state index contributed by atoms with van der Waals surface area (Å²) < 4.78 is 11.5. The van der Waals surface area contributed by atoms with Gasteiger partial charge < -0.3 is 9.47 Å². The van der Waals surface area contributed by atoms with Gasteiger partial charge in [0.2, 0.25) is 0 Å². The van der Waals surface area contributed by atoms with Gasteiger partial charge in [-0.2, -0.15) is 0 Å². The van der Waals surface area contributed by atoms with Crippen LogP contribution in [0.5, 0.6) is 0 Å². The Morgan fingerprint density at radius 1 is 1.21 bits per heavy atom. The smallest absolute Gasteiger partial charge is 0.355 e. The zero-order valence-corrected chi connectivity index (χ0v) is 13.9. The number of ether oxygens (including phenoxy) is 2.